The van der Waals surface area contributed by atoms with Gasteiger partial charge in [-0.3, -0.25) is 9.56 Å². The van der Waals surface area contributed by atoms with Crippen molar-refractivity contribution in [2.24, 2.45) is 4.99 Å². The van der Waals surface area contributed by atoms with Gasteiger partial charge in [0.25, 0.3) is 0 Å². The average Bonchev–Trinajstić information content (AvgIpc) is 3.13. The van der Waals surface area contributed by atoms with Gasteiger partial charge >= 0.3 is 6.55 Å². The van der Waals surface area contributed by atoms with Crippen molar-refractivity contribution in [3.63, 3.8) is 0 Å². The van der Waals surface area contributed by atoms with E-state index in [0.29, 0.717) is 11.8 Å². The van der Waals surface area contributed by atoms with Crippen molar-refractivity contribution < 1.29 is 8.78 Å². The fourth-order valence-corrected chi connectivity index (χ4v) is 3.08. The number of likely N-dealkylation sites (tertiary alicyclic amines) is 1. The van der Waals surface area contributed by atoms with Gasteiger partial charge in [-0.1, -0.05) is 42.0 Å². The van der Waals surface area contributed by atoms with Gasteiger partial charge in [0.1, 0.15) is 5.82 Å². The van der Waals surface area contributed by atoms with Gasteiger partial charge in [0.2, 0.25) is 0 Å². The molecule has 1 aromatic carbocycles. The van der Waals surface area contributed by atoms with Gasteiger partial charge in [-0.25, -0.2) is 4.98 Å². The Morgan fingerprint density at radius 3 is 2.59 bits per heavy atom. The van der Waals surface area contributed by atoms with Crippen LogP contribution in [-0.4, -0.2) is 40.5 Å². The number of piperidine rings is 1. The van der Waals surface area contributed by atoms with Crippen molar-refractivity contribution in [3.8, 4) is 0 Å². The second kappa shape index (κ2) is 10.4. The quantitative estimate of drug-likeness (QED) is 0.401. The molecule has 0 atom stereocenters. The third kappa shape index (κ3) is 5.75. The smallest absolute Gasteiger partial charge is 0.319 e. The lowest BCUT2D eigenvalue weighted by atomic mass is 10.0. The van der Waals surface area contributed by atoms with Crippen molar-refractivity contribution in [1.82, 2.24) is 19.8 Å². The molecule has 1 aliphatic rings. The van der Waals surface area contributed by atoms with E-state index in [2.05, 4.69) is 38.4 Å². The Morgan fingerprint density at radius 2 is 1.96 bits per heavy atom. The van der Waals surface area contributed by atoms with Crippen LogP contribution in [0.2, 0.25) is 0 Å². The van der Waals surface area contributed by atoms with E-state index in [1.807, 2.05) is 18.2 Å². The van der Waals surface area contributed by atoms with Crippen LogP contribution >= 0.6 is 24.0 Å². The Bertz CT molecular complexity index is 763. The van der Waals surface area contributed by atoms with Crippen LogP contribution < -0.4 is 5.32 Å². The van der Waals surface area contributed by atoms with E-state index in [4.69, 9.17) is 0 Å². The number of alkyl halides is 2. The van der Waals surface area contributed by atoms with E-state index in [0.717, 1.165) is 30.5 Å². The molecular formula is C19H24F2IN5. The summed E-state index contributed by atoms with van der Waals surface area (Å²) in [4.78, 5) is 10.4. The van der Waals surface area contributed by atoms with Crippen LogP contribution in [0.1, 0.15) is 30.8 Å². The number of guanidine groups is 1. The van der Waals surface area contributed by atoms with E-state index >= 15 is 0 Å². The molecule has 1 saturated heterocycles. The Labute approximate surface area is 175 Å². The largest absolute Gasteiger partial charge is 0.349 e. The monoisotopic (exact) mass is 487 g/mol. The predicted octanol–water partition coefficient (Wildman–Crippen LogP) is 4.15. The lowest BCUT2D eigenvalue weighted by molar-refractivity contribution is 0.0668. The molecule has 3 rings (SSSR count). The molecule has 0 unspecified atom stereocenters. The lowest BCUT2D eigenvalue weighted by Gasteiger charge is -2.31. The summed E-state index contributed by atoms with van der Waals surface area (Å²) in [5.74, 6) is 1.01. The van der Waals surface area contributed by atoms with Crippen LogP contribution in [-0.2, 0) is 6.54 Å². The first-order valence-electron chi connectivity index (χ1n) is 8.67. The maximum Gasteiger partial charge on any atom is 0.319 e. The minimum Gasteiger partial charge on any atom is -0.349 e. The van der Waals surface area contributed by atoms with Crippen molar-refractivity contribution in [2.75, 3.05) is 20.1 Å². The Balaban J connectivity index is 0.00000261. The molecule has 27 heavy (non-hydrogen) atoms. The first kappa shape index (κ1) is 21.3. The number of nitrogens with one attached hydrogen (secondary N) is 1. The molecule has 0 aliphatic carbocycles. The van der Waals surface area contributed by atoms with E-state index in [1.54, 1.807) is 7.05 Å². The highest BCUT2D eigenvalue weighted by molar-refractivity contribution is 14.0. The summed E-state index contributed by atoms with van der Waals surface area (Å²) in [6.45, 7) is -0.673. The molecule has 1 fully saturated rings. The van der Waals surface area contributed by atoms with E-state index in [9.17, 15) is 8.78 Å². The minimum atomic E-state index is -2.59. The van der Waals surface area contributed by atoms with Gasteiger partial charge in [0, 0.05) is 32.5 Å². The third-order valence-corrected chi connectivity index (χ3v) is 4.45. The number of imidazole rings is 1. The summed E-state index contributed by atoms with van der Waals surface area (Å²) < 4.78 is 26.6. The van der Waals surface area contributed by atoms with Crippen LogP contribution in [0.3, 0.4) is 0 Å². The van der Waals surface area contributed by atoms with Crippen LogP contribution in [0, 0.1) is 0 Å². The zero-order valence-electron chi connectivity index (χ0n) is 15.2. The molecule has 5 nitrogen and oxygen atoms in total. The molecular weight excluding hydrogens is 463 g/mol. The third-order valence-electron chi connectivity index (χ3n) is 4.45. The number of hydrogen-bond acceptors (Lipinski definition) is 2. The summed E-state index contributed by atoms with van der Waals surface area (Å²) >= 11 is 0. The fraction of sp³-hybridized carbons (Fsp3) is 0.368. The van der Waals surface area contributed by atoms with Gasteiger partial charge in [-0.2, -0.15) is 8.78 Å². The molecule has 0 radical (unpaired) electrons. The van der Waals surface area contributed by atoms with Crippen molar-refractivity contribution in [1.29, 1.82) is 0 Å². The minimum absolute atomic E-state index is 0. The zero-order valence-corrected chi connectivity index (χ0v) is 17.5. The van der Waals surface area contributed by atoms with Crippen molar-refractivity contribution >= 4 is 36.0 Å². The van der Waals surface area contributed by atoms with Crippen LogP contribution in [0.15, 0.2) is 53.3 Å². The molecule has 0 amide bonds. The molecule has 0 bridgehead atoms. The van der Waals surface area contributed by atoms with Crippen LogP contribution in [0.5, 0.6) is 0 Å². The molecule has 1 aromatic heterocycles. The Kier molecular flexibility index (Phi) is 8.21. The molecule has 1 N–H and O–H groups in total. The normalized spacial score (nSPS) is 14.9. The summed E-state index contributed by atoms with van der Waals surface area (Å²) in [5.41, 5.74) is 2.63. The summed E-state index contributed by atoms with van der Waals surface area (Å²) in [5, 5.41) is 3.14. The summed E-state index contributed by atoms with van der Waals surface area (Å²) in [6, 6.07) is 10.3. The Morgan fingerprint density at radius 1 is 1.26 bits per heavy atom. The Hall–Kier alpha value is -1.97. The number of nitrogens with zero attached hydrogens (tertiary/aromatic N) is 4. The highest BCUT2D eigenvalue weighted by atomic mass is 127. The van der Waals surface area contributed by atoms with E-state index in [-0.39, 0.29) is 30.5 Å². The van der Waals surface area contributed by atoms with Gasteiger partial charge in [-0.15, -0.1) is 24.0 Å². The maximum atomic E-state index is 12.9. The number of aliphatic imine (C=N–C) groups is 1. The van der Waals surface area contributed by atoms with Gasteiger partial charge in [-0.05, 0) is 18.4 Å². The molecule has 146 valence electrons. The summed E-state index contributed by atoms with van der Waals surface area (Å²) in [6.07, 6.45) is 6.83. The van der Waals surface area contributed by atoms with E-state index in [1.165, 1.54) is 23.5 Å². The van der Waals surface area contributed by atoms with E-state index < -0.39 is 6.55 Å². The topological polar surface area (TPSA) is 45.5 Å². The van der Waals surface area contributed by atoms with Gasteiger partial charge in [0.05, 0.1) is 6.54 Å². The van der Waals surface area contributed by atoms with Gasteiger partial charge in [0.15, 0.2) is 5.96 Å². The standard InChI is InChI=1S/C19H23F2N5.HI/c1-22-19(24-14-17-23-9-12-26(17)18(20)21)25-10-7-16(8-11-25)13-15-5-3-2-4-6-15;/h2-6,9,12-13,18H,7-8,10-11,14H2,1H3,(H,22,24);1H. The second-order valence-corrected chi connectivity index (χ2v) is 6.13. The van der Waals surface area contributed by atoms with Crippen LogP contribution in [0.4, 0.5) is 8.78 Å². The molecule has 8 heteroatoms. The second-order valence-electron chi connectivity index (χ2n) is 6.13. The molecule has 2 aromatic rings. The number of hydrogen-bond donors (Lipinski definition) is 1. The first-order valence-corrected chi connectivity index (χ1v) is 8.67. The summed E-state index contributed by atoms with van der Waals surface area (Å²) in [7, 11) is 1.71. The number of benzene rings is 1. The number of rotatable bonds is 4. The average molecular weight is 487 g/mol. The molecule has 0 saturated carbocycles. The van der Waals surface area contributed by atoms with Crippen LogP contribution in [0.25, 0.3) is 6.08 Å². The highest BCUT2D eigenvalue weighted by Gasteiger charge is 2.18. The fourth-order valence-electron chi connectivity index (χ4n) is 3.08. The first-order chi connectivity index (χ1) is 12.7. The van der Waals surface area contributed by atoms with Crippen molar-refractivity contribution in [2.45, 2.75) is 25.9 Å². The predicted molar refractivity (Wildman–Crippen MR) is 114 cm³/mol. The number of halogens is 3. The number of aromatic nitrogens is 2. The molecule has 2 heterocycles. The zero-order chi connectivity index (χ0) is 18.4. The van der Waals surface area contributed by atoms with Gasteiger partial charge < -0.3 is 10.2 Å². The molecule has 0 spiro atoms. The molecule has 1 aliphatic heterocycles. The van der Waals surface area contributed by atoms with Crippen molar-refractivity contribution in [3.05, 3.63) is 59.7 Å². The SMILES string of the molecule is CN=C(NCc1nccn1C(F)F)N1CCC(=Cc2ccccc2)CC1.I. The highest BCUT2D eigenvalue weighted by Crippen LogP contribution is 2.19. The maximum absolute atomic E-state index is 12.9. The lowest BCUT2D eigenvalue weighted by Crippen LogP contribution is -2.44.